The molecule has 0 fully saturated rings. The molecule has 2 aromatic rings. The minimum atomic E-state index is 0.413. The highest BCUT2D eigenvalue weighted by Crippen LogP contribution is 2.33. The highest BCUT2D eigenvalue weighted by molar-refractivity contribution is 6.30. The summed E-state index contributed by atoms with van der Waals surface area (Å²) in [6, 6.07) is 13.5. The SMILES string of the molecule is N#CCc1ccc(OCc2cc(Cl)cc3c2OCC3)cc1. The molecule has 0 unspecified atom stereocenters. The van der Waals surface area contributed by atoms with Gasteiger partial charge in [-0.2, -0.15) is 5.26 Å². The van der Waals surface area contributed by atoms with Crippen molar-refractivity contribution in [1.82, 2.24) is 0 Å². The zero-order valence-electron chi connectivity index (χ0n) is 11.4. The number of nitrogens with zero attached hydrogens (tertiary/aromatic N) is 1. The van der Waals surface area contributed by atoms with Crippen LogP contribution in [-0.4, -0.2) is 6.61 Å². The Kier molecular flexibility index (Phi) is 3.98. The van der Waals surface area contributed by atoms with E-state index in [1.54, 1.807) is 0 Å². The Bertz CT molecular complexity index is 689. The number of fused-ring (bicyclic) bond motifs is 1. The van der Waals surface area contributed by atoms with Gasteiger partial charge in [0.25, 0.3) is 0 Å². The second-order valence-corrected chi connectivity index (χ2v) is 5.36. The van der Waals surface area contributed by atoms with Gasteiger partial charge in [0.15, 0.2) is 0 Å². The van der Waals surface area contributed by atoms with Crippen molar-refractivity contribution in [2.75, 3.05) is 6.61 Å². The Balaban J connectivity index is 1.72. The van der Waals surface area contributed by atoms with E-state index in [-0.39, 0.29) is 0 Å². The predicted octanol–water partition coefficient (Wildman–Crippen LogP) is 3.92. The van der Waals surface area contributed by atoms with Gasteiger partial charge in [0, 0.05) is 17.0 Å². The van der Waals surface area contributed by atoms with Crippen molar-refractivity contribution < 1.29 is 9.47 Å². The lowest BCUT2D eigenvalue weighted by Gasteiger charge is -2.11. The molecule has 1 aliphatic heterocycles. The molecule has 0 saturated carbocycles. The van der Waals surface area contributed by atoms with E-state index < -0.39 is 0 Å². The molecule has 0 bridgehead atoms. The number of ether oxygens (including phenoxy) is 2. The summed E-state index contributed by atoms with van der Waals surface area (Å²) in [6.07, 6.45) is 1.31. The minimum Gasteiger partial charge on any atom is -0.493 e. The van der Waals surface area contributed by atoms with Crippen molar-refractivity contribution in [3.05, 3.63) is 58.1 Å². The third-order valence-electron chi connectivity index (χ3n) is 3.43. The Morgan fingerprint density at radius 1 is 1.24 bits per heavy atom. The molecule has 0 atom stereocenters. The van der Waals surface area contributed by atoms with Gasteiger partial charge in [0.2, 0.25) is 0 Å². The maximum atomic E-state index is 8.65. The molecular formula is C17H14ClNO2. The van der Waals surface area contributed by atoms with E-state index in [4.69, 9.17) is 26.3 Å². The van der Waals surface area contributed by atoms with Gasteiger partial charge in [-0.15, -0.1) is 0 Å². The normalized spacial score (nSPS) is 12.4. The van der Waals surface area contributed by atoms with Gasteiger partial charge in [0.05, 0.1) is 19.1 Å². The molecule has 0 radical (unpaired) electrons. The smallest absolute Gasteiger partial charge is 0.129 e. The van der Waals surface area contributed by atoms with Gasteiger partial charge in [-0.1, -0.05) is 23.7 Å². The van der Waals surface area contributed by atoms with Crippen LogP contribution in [0.1, 0.15) is 16.7 Å². The van der Waals surface area contributed by atoms with Crippen molar-refractivity contribution in [3.8, 4) is 17.6 Å². The summed E-state index contributed by atoms with van der Waals surface area (Å²) < 4.78 is 11.4. The highest BCUT2D eigenvalue weighted by atomic mass is 35.5. The van der Waals surface area contributed by atoms with Gasteiger partial charge >= 0.3 is 0 Å². The number of hydrogen-bond acceptors (Lipinski definition) is 3. The van der Waals surface area contributed by atoms with Crippen LogP contribution in [0.25, 0.3) is 0 Å². The van der Waals surface area contributed by atoms with Crippen LogP contribution in [-0.2, 0) is 19.4 Å². The maximum Gasteiger partial charge on any atom is 0.129 e. The quantitative estimate of drug-likeness (QED) is 0.859. The standard InChI is InChI=1S/C17H14ClNO2/c18-15-9-13-6-8-20-17(13)14(10-15)11-21-16-3-1-12(2-4-16)5-7-19/h1-4,9-10H,5-6,8,11H2. The van der Waals surface area contributed by atoms with E-state index in [9.17, 15) is 0 Å². The molecular weight excluding hydrogens is 286 g/mol. The van der Waals surface area contributed by atoms with E-state index >= 15 is 0 Å². The van der Waals surface area contributed by atoms with Crippen LogP contribution in [0.5, 0.6) is 11.5 Å². The second kappa shape index (κ2) is 6.07. The summed E-state index contributed by atoms with van der Waals surface area (Å²) in [4.78, 5) is 0. The summed E-state index contributed by atoms with van der Waals surface area (Å²) in [5.74, 6) is 1.67. The van der Waals surface area contributed by atoms with E-state index in [0.29, 0.717) is 24.7 Å². The van der Waals surface area contributed by atoms with Gasteiger partial charge in [-0.25, -0.2) is 0 Å². The molecule has 3 rings (SSSR count). The van der Waals surface area contributed by atoms with Crippen molar-refractivity contribution in [2.24, 2.45) is 0 Å². The van der Waals surface area contributed by atoms with Crippen LogP contribution in [0, 0.1) is 11.3 Å². The molecule has 1 aliphatic rings. The Morgan fingerprint density at radius 3 is 2.81 bits per heavy atom. The summed E-state index contributed by atoms with van der Waals surface area (Å²) >= 11 is 6.12. The first-order valence-electron chi connectivity index (χ1n) is 6.79. The van der Waals surface area contributed by atoms with Crippen LogP contribution in [0.3, 0.4) is 0 Å². The van der Waals surface area contributed by atoms with Crippen LogP contribution >= 0.6 is 11.6 Å². The molecule has 0 aliphatic carbocycles. The van der Waals surface area contributed by atoms with Gasteiger partial charge in [-0.05, 0) is 35.4 Å². The van der Waals surface area contributed by atoms with Crippen LogP contribution in [0.15, 0.2) is 36.4 Å². The first-order chi connectivity index (χ1) is 10.3. The zero-order chi connectivity index (χ0) is 14.7. The van der Waals surface area contributed by atoms with Crippen LogP contribution in [0.4, 0.5) is 0 Å². The van der Waals surface area contributed by atoms with Gasteiger partial charge in [0.1, 0.15) is 18.1 Å². The summed E-state index contributed by atoms with van der Waals surface area (Å²) in [7, 11) is 0. The Hall–Kier alpha value is -2.18. The lowest BCUT2D eigenvalue weighted by molar-refractivity contribution is 0.292. The lowest BCUT2D eigenvalue weighted by atomic mass is 10.1. The van der Waals surface area contributed by atoms with Crippen molar-refractivity contribution >= 4 is 11.6 Å². The third-order valence-corrected chi connectivity index (χ3v) is 3.64. The fourth-order valence-electron chi connectivity index (χ4n) is 2.41. The van der Waals surface area contributed by atoms with Crippen molar-refractivity contribution in [2.45, 2.75) is 19.4 Å². The fraction of sp³-hybridized carbons (Fsp3) is 0.235. The second-order valence-electron chi connectivity index (χ2n) is 4.92. The number of benzene rings is 2. The minimum absolute atomic E-state index is 0.413. The molecule has 0 aromatic heterocycles. The molecule has 2 aromatic carbocycles. The molecule has 0 saturated heterocycles. The molecule has 3 nitrogen and oxygen atoms in total. The van der Waals surface area contributed by atoms with Crippen LogP contribution in [0.2, 0.25) is 5.02 Å². The fourth-order valence-corrected chi connectivity index (χ4v) is 2.67. The van der Waals surface area contributed by atoms with Gasteiger partial charge < -0.3 is 9.47 Å². The third kappa shape index (κ3) is 3.12. The first-order valence-corrected chi connectivity index (χ1v) is 7.17. The average molecular weight is 300 g/mol. The summed E-state index contributed by atoms with van der Waals surface area (Å²) in [6.45, 7) is 1.12. The molecule has 0 amide bonds. The predicted molar refractivity (Wildman–Crippen MR) is 80.7 cm³/mol. The van der Waals surface area contributed by atoms with Crippen LogP contribution < -0.4 is 9.47 Å². The van der Waals surface area contributed by atoms with E-state index in [1.807, 2.05) is 36.4 Å². The first kappa shape index (κ1) is 13.8. The van der Waals surface area contributed by atoms with E-state index in [0.717, 1.165) is 34.6 Å². The molecule has 106 valence electrons. The lowest BCUT2D eigenvalue weighted by Crippen LogP contribution is -1.99. The molecule has 1 heterocycles. The van der Waals surface area contributed by atoms with Crippen molar-refractivity contribution in [3.63, 3.8) is 0 Å². The number of halogens is 1. The molecule has 21 heavy (non-hydrogen) atoms. The number of hydrogen-bond donors (Lipinski definition) is 0. The molecule has 4 heteroatoms. The number of nitriles is 1. The Morgan fingerprint density at radius 2 is 2.05 bits per heavy atom. The largest absolute Gasteiger partial charge is 0.493 e. The van der Waals surface area contributed by atoms with Crippen molar-refractivity contribution in [1.29, 1.82) is 5.26 Å². The molecule has 0 spiro atoms. The molecule has 0 N–H and O–H groups in total. The van der Waals surface area contributed by atoms with E-state index in [1.165, 1.54) is 0 Å². The summed E-state index contributed by atoms with van der Waals surface area (Å²) in [5.41, 5.74) is 3.10. The monoisotopic (exact) mass is 299 g/mol. The van der Waals surface area contributed by atoms with E-state index in [2.05, 4.69) is 6.07 Å². The maximum absolute atomic E-state index is 8.65. The highest BCUT2D eigenvalue weighted by Gasteiger charge is 2.17. The summed E-state index contributed by atoms with van der Waals surface area (Å²) in [5, 5.41) is 9.36. The number of rotatable bonds is 4. The Labute approximate surface area is 128 Å². The topological polar surface area (TPSA) is 42.2 Å². The van der Waals surface area contributed by atoms with Gasteiger partial charge in [-0.3, -0.25) is 0 Å². The zero-order valence-corrected chi connectivity index (χ0v) is 12.2. The average Bonchev–Trinajstić information content (AvgIpc) is 2.94.